The zero-order chi connectivity index (χ0) is 20.3. The van der Waals surface area contributed by atoms with Crippen LogP contribution in [-0.2, 0) is 4.74 Å². The van der Waals surface area contributed by atoms with E-state index >= 15 is 0 Å². The van der Waals surface area contributed by atoms with E-state index in [1.165, 1.54) is 29.2 Å². The number of nitrogens with zero attached hydrogens (tertiary/aromatic N) is 3. The summed E-state index contributed by atoms with van der Waals surface area (Å²) in [6.45, 7) is 3.77. The molecule has 0 unspecified atom stereocenters. The topological polar surface area (TPSA) is 116 Å². The summed E-state index contributed by atoms with van der Waals surface area (Å²) in [5.41, 5.74) is 1.59. The van der Waals surface area contributed by atoms with E-state index in [0.717, 1.165) is 16.9 Å². The Balaban J connectivity index is 1.73. The van der Waals surface area contributed by atoms with Gasteiger partial charge in [0.2, 0.25) is 0 Å². The third-order valence-corrected chi connectivity index (χ3v) is 4.92. The molecule has 3 aromatic rings. The van der Waals surface area contributed by atoms with Crippen molar-refractivity contribution in [2.24, 2.45) is 0 Å². The summed E-state index contributed by atoms with van der Waals surface area (Å²) in [5, 5.41) is 18.1. The van der Waals surface area contributed by atoms with E-state index in [1.54, 1.807) is 32.0 Å². The minimum Gasteiger partial charge on any atom is -0.462 e. The molecular weight excluding hydrogens is 384 g/mol. The zero-order valence-corrected chi connectivity index (χ0v) is 15.9. The lowest BCUT2D eigenvalue weighted by Gasteiger charge is -2.01. The highest BCUT2D eigenvalue weighted by molar-refractivity contribution is 7.18. The Bertz CT molecular complexity index is 1040. The Morgan fingerprint density at radius 3 is 2.68 bits per heavy atom. The number of ether oxygens (including phenoxy) is 1. The molecule has 0 spiro atoms. The van der Waals surface area contributed by atoms with Gasteiger partial charge in [-0.3, -0.25) is 14.9 Å². The molecule has 10 heteroatoms. The van der Waals surface area contributed by atoms with Gasteiger partial charge in [0, 0.05) is 18.3 Å². The number of nitro benzene ring substituents is 1. The highest BCUT2D eigenvalue weighted by Crippen LogP contribution is 2.28. The Kier molecular flexibility index (Phi) is 5.50. The molecule has 9 nitrogen and oxygen atoms in total. The average molecular weight is 400 g/mol. The Labute approximate surface area is 163 Å². The van der Waals surface area contributed by atoms with E-state index in [9.17, 15) is 19.7 Å². The summed E-state index contributed by atoms with van der Waals surface area (Å²) in [4.78, 5) is 35.0. The molecule has 0 bridgehead atoms. The van der Waals surface area contributed by atoms with Gasteiger partial charge in [-0.1, -0.05) is 0 Å². The Morgan fingerprint density at radius 1 is 1.32 bits per heavy atom. The summed E-state index contributed by atoms with van der Waals surface area (Å²) in [6, 6.07) is 7.52. The van der Waals surface area contributed by atoms with Crippen LogP contribution in [-0.4, -0.2) is 33.2 Å². The number of aryl methyl sites for hydroxylation is 1. The van der Waals surface area contributed by atoms with Gasteiger partial charge in [0.05, 0.1) is 34.0 Å². The number of carbonyl (C=O) groups is 2. The summed E-state index contributed by atoms with van der Waals surface area (Å²) < 4.78 is 6.44. The number of carbonyl (C=O) groups excluding carboxylic acids is 2. The molecule has 1 aromatic carbocycles. The van der Waals surface area contributed by atoms with Crippen molar-refractivity contribution in [3.8, 4) is 5.69 Å². The van der Waals surface area contributed by atoms with Crippen molar-refractivity contribution in [3.63, 3.8) is 0 Å². The third-order valence-electron chi connectivity index (χ3n) is 3.79. The van der Waals surface area contributed by atoms with Crippen LogP contribution in [0.1, 0.15) is 32.5 Å². The number of hydrogen-bond donors (Lipinski definition) is 1. The lowest BCUT2D eigenvalue weighted by Crippen LogP contribution is -2.10. The molecule has 0 saturated carbocycles. The van der Waals surface area contributed by atoms with Crippen molar-refractivity contribution in [3.05, 3.63) is 68.8 Å². The van der Waals surface area contributed by atoms with Crippen molar-refractivity contribution >= 4 is 33.9 Å². The third kappa shape index (κ3) is 4.07. The van der Waals surface area contributed by atoms with E-state index in [-0.39, 0.29) is 18.2 Å². The molecule has 0 aliphatic heterocycles. The van der Waals surface area contributed by atoms with Crippen molar-refractivity contribution in [1.82, 2.24) is 9.78 Å². The number of nitrogens with one attached hydrogen (secondary N) is 1. The van der Waals surface area contributed by atoms with Crippen LogP contribution < -0.4 is 5.32 Å². The maximum atomic E-state index is 12.5. The highest BCUT2D eigenvalue weighted by Gasteiger charge is 2.17. The second-order valence-corrected chi connectivity index (χ2v) is 6.80. The lowest BCUT2D eigenvalue weighted by atomic mass is 10.3. The number of thiophene rings is 1. The molecule has 3 rings (SSSR count). The number of amides is 1. The fourth-order valence-electron chi connectivity index (χ4n) is 2.44. The minimum atomic E-state index is -0.487. The van der Waals surface area contributed by atoms with Crippen molar-refractivity contribution in [1.29, 1.82) is 0 Å². The smallest absolute Gasteiger partial charge is 0.348 e. The minimum absolute atomic E-state index is 0.0284. The molecular formula is C18H16N4O5S. The second kappa shape index (κ2) is 8.01. The van der Waals surface area contributed by atoms with Gasteiger partial charge in [0.1, 0.15) is 4.88 Å². The predicted molar refractivity (Wildman–Crippen MR) is 103 cm³/mol. The van der Waals surface area contributed by atoms with E-state index in [4.69, 9.17) is 4.74 Å². The number of benzene rings is 1. The van der Waals surface area contributed by atoms with Gasteiger partial charge in [-0.25, -0.2) is 9.48 Å². The molecule has 0 fully saturated rings. The number of aromatic nitrogens is 2. The molecule has 0 aliphatic rings. The van der Waals surface area contributed by atoms with Crippen LogP contribution in [0, 0.1) is 17.0 Å². The maximum Gasteiger partial charge on any atom is 0.348 e. The SMILES string of the molecule is CCOC(=O)c1sc(NC(=O)c2cnn(-c3ccc([N+](=O)[O-])cc3)c2)cc1C. The molecule has 0 saturated heterocycles. The van der Waals surface area contributed by atoms with Gasteiger partial charge in [0.25, 0.3) is 11.6 Å². The normalized spacial score (nSPS) is 10.5. The Hall–Kier alpha value is -3.53. The number of anilines is 1. The Morgan fingerprint density at radius 2 is 2.04 bits per heavy atom. The fourth-order valence-corrected chi connectivity index (χ4v) is 3.40. The summed E-state index contributed by atoms with van der Waals surface area (Å²) in [5.74, 6) is -0.804. The van der Waals surface area contributed by atoms with Crippen LogP contribution in [0.25, 0.3) is 5.69 Å². The van der Waals surface area contributed by atoms with Crippen LogP contribution in [0.3, 0.4) is 0 Å². The molecule has 28 heavy (non-hydrogen) atoms. The number of rotatable bonds is 6. The van der Waals surface area contributed by atoms with Gasteiger partial charge in [-0.05, 0) is 37.6 Å². The second-order valence-electron chi connectivity index (χ2n) is 5.74. The summed E-state index contributed by atoms with van der Waals surface area (Å²) in [6.07, 6.45) is 2.91. The summed E-state index contributed by atoms with van der Waals surface area (Å²) in [7, 11) is 0. The van der Waals surface area contributed by atoms with E-state index in [1.807, 2.05) is 0 Å². The fraction of sp³-hybridized carbons (Fsp3) is 0.167. The number of hydrogen-bond acceptors (Lipinski definition) is 7. The molecule has 0 radical (unpaired) electrons. The van der Waals surface area contributed by atoms with Crippen molar-refractivity contribution < 1.29 is 19.2 Å². The number of non-ortho nitro benzene ring substituents is 1. The monoisotopic (exact) mass is 400 g/mol. The molecule has 2 aromatic heterocycles. The molecule has 144 valence electrons. The van der Waals surface area contributed by atoms with Crippen molar-refractivity contribution in [2.45, 2.75) is 13.8 Å². The molecule has 0 atom stereocenters. The van der Waals surface area contributed by atoms with Crippen molar-refractivity contribution in [2.75, 3.05) is 11.9 Å². The molecule has 1 N–H and O–H groups in total. The highest BCUT2D eigenvalue weighted by atomic mass is 32.1. The number of esters is 1. The first-order valence-corrected chi connectivity index (χ1v) is 9.09. The first-order chi connectivity index (χ1) is 13.4. The van der Waals surface area contributed by atoms with E-state index in [2.05, 4.69) is 10.4 Å². The predicted octanol–water partition coefficient (Wildman–Crippen LogP) is 3.58. The molecule has 2 heterocycles. The summed E-state index contributed by atoms with van der Waals surface area (Å²) >= 11 is 1.14. The lowest BCUT2D eigenvalue weighted by molar-refractivity contribution is -0.384. The quantitative estimate of drug-likeness (QED) is 0.384. The van der Waals surface area contributed by atoms with Crippen LogP contribution >= 0.6 is 11.3 Å². The maximum absolute atomic E-state index is 12.5. The molecule has 0 aliphatic carbocycles. The van der Waals surface area contributed by atoms with Gasteiger partial charge in [-0.2, -0.15) is 5.10 Å². The van der Waals surface area contributed by atoms with Gasteiger partial charge >= 0.3 is 5.97 Å². The van der Waals surface area contributed by atoms with Crippen LogP contribution in [0.4, 0.5) is 10.7 Å². The average Bonchev–Trinajstić information content (AvgIpc) is 3.29. The van der Waals surface area contributed by atoms with E-state index in [0.29, 0.717) is 21.1 Å². The number of nitro groups is 1. The first-order valence-electron chi connectivity index (χ1n) is 8.27. The van der Waals surface area contributed by atoms with E-state index < -0.39 is 10.9 Å². The van der Waals surface area contributed by atoms with Gasteiger partial charge < -0.3 is 10.1 Å². The van der Waals surface area contributed by atoms with Crippen LogP contribution in [0.5, 0.6) is 0 Å². The first kappa shape index (κ1) is 19.2. The van der Waals surface area contributed by atoms with Crippen LogP contribution in [0.15, 0.2) is 42.7 Å². The van der Waals surface area contributed by atoms with Gasteiger partial charge in [0.15, 0.2) is 0 Å². The standard InChI is InChI=1S/C18H16N4O5S/c1-3-27-18(24)16-11(2)8-15(28-16)20-17(23)12-9-19-21(10-12)13-4-6-14(7-5-13)22(25)26/h4-10H,3H2,1-2H3,(H,20,23). The van der Waals surface area contributed by atoms with Crippen LogP contribution in [0.2, 0.25) is 0 Å². The largest absolute Gasteiger partial charge is 0.462 e. The zero-order valence-electron chi connectivity index (χ0n) is 15.0. The van der Waals surface area contributed by atoms with Gasteiger partial charge in [-0.15, -0.1) is 11.3 Å². The molecule has 1 amide bonds.